The summed E-state index contributed by atoms with van der Waals surface area (Å²) in [5.74, 6) is -5.53. The van der Waals surface area contributed by atoms with Crippen molar-refractivity contribution in [3.8, 4) is 11.4 Å². The number of halogens is 7. The first-order chi connectivity index (χ1) is 16.9. The quantitative estimate of drug-likeness (QED) is 0.338. The van der Waals surface area contributed by atoms with Gasteiger partial charge in [-0.15, -0.1) is 16.7 Å². The van der Waals surface area contributed by atoms with Gasteiger partial charge in [-0.25, -0.2) is 18.0 Å². The summed E-state index contributed by atoms with van der Waals surface area (Å²) < 4.78 is 89.3. The largest absolute Gasteiger partial charge is 0.480 e. The average Bonchev–Trinajstić information content (AvgIpc) is 3.59. The summed E-state index contributed by atoms with van der Waals surface area (Å²) in [7, 11) is 0. The van der Waals surface area contributed by atoms with Gasteiger partial charge in [0.25, 0.3) is 5.91 Å². The van der Waals surface area contributed by atoms with Crippen molar-refractivity contribution in [1.82, 2.24) is 14.3 Å². The number of ether oxygens (including phenoxy) is 1. The Kier molecular flexibility index (Phi) is 6.78. The lowest BCUT2D eigenvalue weighted by atomic mass is 10.1. The minimum Gasteiger partial charge on any atom is -0.480 e. The zero-order valence-corrected chi connectivity index (χ0v) is 19.1. The van der Waals surface area contributed by atoms with Gasteiger partial charge >= 0.3 is 11.9 Å². The zero-order valence-electron chi connectivity index (χ0n) is 18.4. The fourth-order valence-electron chi connectivity index (χ4n) is 3.36. The lowest BCUT2D eigenvalue weighted by Gasteiger charge is -2.20. The van der Waals surface area contributed by atoms with E-state index in [1.807, 2.05) is 5.32 Å². The van der Waals surface area contributed by atoms with E-state index in [9.17, 15) is 31.5 Å². The molecule has 192 valence electrons. The highest BCUT2D eigenvalue weighted by Gasteiger charge is 2.39. The Morgan fingerprint density at radius 1 is 1.19 bits per heavy atom. The summed E-state index contributed by atoms with van der Waals surface area (Å²) >= 11 is 5.82. The molecule has 1 amide bonds. The second-order valence-corrected chi connectivity index (χ2v) is 8.27. The van der Waals surface area contributed by atoms with E-state index in [0.29, 0.717) is 23.7 Å². The third kappa shape index (κ3) is 4.92. The van der Waals surface area contributed by atoms with E-state index >= 15 is 4.39 Å². The van der Waals surface area contributed by atoms with E-state index in [1.165, 1.54) is 0 Å². The average molecular weight is 535 g/mol. The van der Waals surface area contributed by atoms with Crippen LogP contribution in [0, 0.1) is 17.5 Å². The summed E-state index contributed by atoms with van der Waals surface area (Å²) in [6.07, 6.45) is -5.90. The van der Waals surface area contributed by atoms with Gasteiger partial charge in [0, 0.05) is 12.0 Å². The fraction of sp³-hybridized carbons (Fsp3) is 0.318. The second kappa shape index (κ2) is 9.52. The van der Waals surface area contributed by atoms with Crippen LogP contribution in [-0.4, -0.2) is 32.5 Å². The molecule has 4 rings (SSSR count). The molecule has 0 saturated heterocycles. The second-order valence-electron chi connectivity index (χ2n) is 8.03. The van der Waals surface area contributed by atoms with E-state index in [2.05, 4.69) is 5.10 Å². The van der Waals surface area contributed by atoms with Gasteiger partial charge in [-0.05, 0) is 38.0 Å². The molecule has 7 nitrogen and oxygen atoms in total. The molecule has 2 aromatic carbocycles. The van der Waals surface area contributed by atoms with E-state index in [4.69, 9.17) is 16.3 Å². The maximum absolute atomic E-state index is 15.1. The van der Waals surface area contributed by atoms with Gasteiger partial charge in [0.05, 0.1) is 5.56 Å². The molecule has 36 heavy (non-hydrogen) atoms. The molecule has 0 aliphatic heterocycles. The van der Waals surface area contributed by atoms with Crippen LogP contribution in [0.3, 0.4) is 0 Å². The Labute approximate surface area is 204 Å². The first kappa shape index (κ1) is 25.6. The lowest BCUT2D eigenvalue weighted by molar-refractivity contribution is -0.189. The number of benzene rings is 2. The third-order valence-corrected chi connectivity index (χ3v) is 5.68. The van der Waals surface area contributed by atoms with Crippen LogP contribution in [-0.2, 0) is 6.00 Å². The van der Waals surface area contributed by atoms with Crippen LogP contribution in [0.4, 0.5) is 32.0 Å². The molecule has 1 aliphatic rings. The molecule has 3 aromatic rings. The van der Waals surface area contributed by atoms with E-state index in [-0.39, 0.29) is 17.7 Å². The molecule has 0 unspecified atom stereocenters. The van der Waals surface area contributed by atoms with Crippen LogP contribution in [0.2, 0.25) is 0 Å². The van der Waals surface area contributed by atoms with Gasteiger partial charge in [-0.3, -0.25) is 9.36 Å². The summed E-state index contributed by atoms with van der Waals surface area (Å²) in [6, 6.07) is 3.58. The number of hydrogen-bond acceptors (Lipinski definition) is 4. The number of hydrogen-bond donors (Lipinski definition) is 1. The van der Waals surface area contributed by atoms with Crippen molar-refractivity contribution in [2.45, 2.75) is 44.0 Å². The predicted octanol–water partition coefficient (Wildman–Crippen LogP) is 5.11. The van der Waals surface area contributed by atoms with Gasteiger partial charge in [0.2, 0.25) is 0 Å². The predicted molar refractivity (Wildman–Crippen MR) is 116 cm³/mol. The first-order valence-electron chi connectivity index (χ1n) is 10.5. The highest BCUT2D eigenvalue weighted by atomic mass is 35.5. The van der Waals surface area contributed by atoms with Gasteiger partial charge < -0.3 is 10.1 Å². The van der Waals surface area contributed by atoms with Crippen molar-refractivity contribution in [1.29, 1.82) is 0 Å². The molecule has 1 saturated carbocycles. The molecular weight excluding hydrogens is 518 g/mol. The zero-order chi connectivity index (χ0) is 26.4. The summed E-state index contributed by atoms with van der Waals surface area (Å²) in [5.41, 5.74) is -3.16. The normalized spacial score (nSPS) is 14.6. The monoisotopic (exact) mass is 534 g/mol. The van der Waals surface area contributed by atoms with Crippen molar-refractivity contribution in [2.75, 3.05) is 5.32 Å². The fourth-order valence-corrected chi connectivity index (χ4v) is 3.58. The summed E-state index contributed by atoms with van der Waals surface area (Å²) in [6.45, 7) is 0.640. The third-order valence-electron chi connectivity index (χ3n) is 5.44. The minimum absolute atomic E-state index is 0.0811. The van der Waals surface area contributed by atoms with Crippen LogP contribution in [0.1, 0.15) is 41.9 Å². The Hall–Kier alpha value is -3.48. The van der Waals surface area contributed by atoms with E-state index in [0.717, 1.165) is 35.6 Å². The van der Waals surface area contributed by atoms with Crippen LogP contribution in [0.25, 0.3) is 5.69 Å². The Morgan fingerprint density at radius 2 is 1.83 bits per heavy atom. The minimum atomic E-state index is -4.88. The van der Waals surface area contributed by atoms with Crippen molar-refractivity contribution < 1.29 is 35.9 Å². The molecule has 14 heteroatoms. The van der Waals surface area contributed by atoms with Gasteiger partial charge in [-0.2, -0.15) is 17.9 Å². The van der Waals surface area contributed by atoms with Crippen LogP contribution in [0.5, 0.6) is 5.75 Å². The Balaban J connectivity index is 1.82. The van der Waals surface area contributed by atoms with Crippen molar-refractivity contribution in [2.24, 2.45) is 0 Å². The number of anilines is 1. The molecule has 1 aromatic heterocycles. The van der Waals surface area contributed by atoms with Crippen molar-refractivity contribution >= 4 is 23.2 Å². The van der Waals surface area contributed by atoms with Crippen molar-refractivity contribution in [3.05, 3.63) is 69.7 Å². The first-order valence-corrected chi connectivity index (χ1v) is 11.0. The number of amides is 1. The number of carbonyl (C=O) groups is 1. The number of rotatable bonds is 7. The number of para-hydroxylation sites is 1. The molecule has 1 atom stereocenters. The highest BCUT2D eigenvalue weighted by Crippen LogP contribution is 2.39. The van der Waals surface area contributed by atoms with Crippen LogP contribution in [0.15, 0.2) is 35.1 Å². The summed E-state index contributed by atoms with van der Waals surface area (Å²) in [4.78, 5) is 25.5. The van der Waals surface area contributed by atoms with Gasteiger partial charge in [0.1, 0.15) is 46.4 Å². The molecular formula is C22H17ClF6N4O3. The van der Waals surface area contributed by atoms with Crippen LogP contribution < -0.4 is 15.7 Å². The maximum Gasteiger partial charge on any atom is 0.425 e. The topological polar surface area (TPSA) is 78.2 Å². The number of aromatic nitrogens is 3. The van der Waals surface area contributed by atoms with Crippen molar-refractivity contribution in [3.63, 3.8) is 0 Å². The smallest absolute Gasteiger partial charge is 0.425 e. The summed E-state index contributed by atoms with van der Waals surface area (Å²) in [5, 5.41) is 5.94. The number of carbonyl (C=O) groups excluding carboxylic acids is 1. The number of alkyl halides is 4. The molecule has 1 N–H and O–H groups in total. The molecule has 1 aliphatic carbocycles. The van der Waals surface area contributed by atoms with E-state index in [1.54, 1.807) is 0 Å². The Morgan fingerprint density at radius 3 is 2.39 bits per heavy atom. The molecule has 0 bridgehead atoms. The lowest BCUT2D eigenvalue weighted by Crippen LogP contribution is -2.32. The van der Waals surface area contributed by atoms with Crippen LogP contribution >= 0.6 is 11.6 Å². The standard InChI is InChI=1S/C22H17ClF6N4O3/c1-10(22(27,28)29)36-17-8-16(33-21(35)32(9-23)19(31-33)11-5-6-11)15(26)7-12(17)20(34)30-18-13(24)3-2-4-14(18)25/h2-4,7-8,10-11H,5-6,9H2,1H3,(H,30,34)/t10-/m0/s1. The van der Waals surface area contributed by atoms with Gasteiger partial charge in [-0.1, -0.05) is 6.07 Å². The SMILES string of the molecule is C[C@H](Oc1cc(-n2nc(C3CC3)n(CCl)c2=O)c(F)cc1C(=O)Nc1c(F)cccc1F)C(F)(F)F. The highest BCUT2D eigenvalue weighted by molar-refractivity contribution is 6.15. The maximum atomic E-state index is 15.1. The molecule has 1 fully saturated rings. The molecule has 1 heterocycles. The molecule has 0 spiro atoms. The van der Waals surface area contributed by atoms with E-state index < -0.39 is 64.0 Å². The van der Waals surface area contributed by atoms with Gasteiger partial charge in [0.15, 0.2) is 6.10 Å². The number of nitrogens with zero attached hydrogens (tertiary/aromatic N) is 3. The molecule has 0 radical (unpaired) electrons. The Bertz CT molecular complexity index is 1360. The number of nitrogens with one attached hydrogen (secondary N) is 1.